The summed E-state index contributed by atoms with van der Waals surface area (Å²) >= 11 is 0. The lowest BCUT2D eigenvalue weighted by atomic mass is 10.1. The summed E-state index contributed by atoms with van der Waals surface area (Å²) in [7, 11) is 0.613. The molecular weight excluding hydrogens is 391 g/mol. The molecule has 0 aliphatic carbocycles. The van der Waals surface area contributed by atoms with Gasteiger partial charge in [-0.1, -0.05) is 26.8 Å². The molecule has 0 aromatic heterocycles. The zero-order valence-electron chi connectivity index (χ0n) is 18.2. The number of hydrogen-bond acceptors (Lipinski definition) is 3. The Balaban J connectivity index is 1.91. The molecule has 0 saturated carbocycles. The Kier molecular flexibility index (Phi) is 7.54. The van der Waals surface area contributed by atoms with Crippen molar-refractivity contribution in [3.63, 3.8) is 0 Å². The monoisotopic (exact) mass is 420 g/mol. The van der Waals surface area contributed by atoms with E-state index in [9.17, 15) is 0 Å². The molecule has 0 aliphatic heterocycles. The van der Waals surface area contributed by atoms with Crippen molar-refractivity contribution < 1.29 is 14.0 Å². The zero-order chi connectivity index (χ0) is 21.5. The number of rotatable bonds is 9. The molecule has 0 spiro atoms. The molecule has 0 fully saturated rings. The highest BCUT2D eigenvalue weighted by Gasteiger charge is 2.08. The second kappa shape index (κ2) is 10.3. The van der Waals surface area contributed by atoms with Gasteiger partial charge in [-0.25, -0.2) is 0 Å². The number of aryl methyl sites for hydroxylation is 4. The largest absolute Gasteiger partial charge is 0.457 e. The van der Waals surface area contributed by atoms with Crippen LogP contribution in [0, 0.1) is 6.92 Å². The average molecular weight is 420 g/mol. The second-order valence-corrected chi connectivity index (χ2v) is 7.71. The van der Waals surface area contributed by atoms with Gasteiger partial charge < -0.3 is 14.0 Å². The maximum absolute atomic E-state index is 6.22. The van der Waals surface area contributed by atoms with Crippen molar-refractivity contribution in [2.24, 2.45) is 0 Å². The summed E-state index contributed by atoms with van der Waals surface area (Å²) in [4.78, 5) is 0. The summed E-state index contributed by atoms with van der Waals surface area (Å²) in [5.74, 6) is 3.88. The summed E-state index contributed by atoms with van der Waals surface area (Å²) < 4.78 is 18.0. The third kappa shape index (κ3) is 5.87. The van der Waals surface area contributed by atoms with Gasteiger partial charge >= 0.3 is 0 Å². The van der Waals surface area contributed by atoms with Gasteiger partial charge in [-0.3, -0.25) is 0 Å². The fourth-order valence-electron chi connectivity index (χ4n) is 3.33. The topological polar surface area (TPSA) is 27.7 Å². The van der Waals surface area contributed by atoms with E-state index in [1.807, 2.05) is 24.3 Å². The van der Waals surface area contributed by atoms with Crippen molar-refractivity contribution in [3.8, 4) is 28.7 Å². The van der Waals surface area contributed by atoms with E-state index in [4.69, 9.17) is 14.0 Å². The Hall–Kier alpha value is -2.77. The van der Waals surface area contributed by atoms with Gasteiger partial charge in [-0.05, 0) is 91.1 Å². The van der Waals surface area contributed by atoms with Gasteiger partial charge in [0.05, 0.1) is 0 Å². The van der Waals surface area contributed by atoms with Gasteiger partial charge in [0.1, 0.15) is 37.2 Å². The Bertz CT molecular complexity index is 1030. The minimum absolute atomic E-state index is 0.613. The zero-order valence-corrected chi connectivity index (χ0v) is 19.1. The van der Waals surface area contributed by atoms with E-state index in [1.165, 1.54) is 11.1 Å². The third-order valence-electron chi connectivity index (χ3n) is 4.86. The van der Waals surface area contributed by atoms with Gasteiger partial charge in [0.2, 0.25) is 0 Å². The Morgan fingerprint density at radius 1 is 0.600 bits per heavy atom. The van der Waals surface area contributed by atoms with Crippen molar-refractivity contribution in [2.45, 2.75) is 47.0 Å². The molecule has 4 heteroatoms. The second-order valence-electron chi connectivity index (χ2n) is 7.26. The van der Waals surface area contributed by atoms with Crippen LogP contribution < -0.4 is 14.0 Å². The Morgan fingerprint density at radius 3 is 1.47 bits per heavy atom. The molecule has 156 valence electrons. The molecule has 0 heterocycles. The molecule has 30 heavy (non-hydrogen) atoms. The van der Waals surface area contributed by atoms with Crippen LogP contribution >= 0.6 is 8.43 Å². The Morgan fingerprint density at radius 2 is 1.00 bits per heavy atom. The fraction of sp³-hybridized carbons (Fsp3) is 0.269. The highest BCUT2D eigenvalue weighted by Crippen LogP contribution is 2.33. The fourth-order valence-corrected chi connectivity index (χ4v) is 3.59. The van der Waals surface area contributed by atoms with Crippen molar-refractivity contribution in [1.29, 1.82) is 0 Å². The number of hydrogen-bond donors (Lipinski definition) is 0. The summed E-state index contributed by atoms with van der Waals surface area (Å²) in [5.41, 5.74) is 4.77. The van der Waals surface area contributed by atoms with E-state index in [0.717, 1.165) is 59.1 Å². The molecule has 0 N–H and O–H groups in total. The van der Waals surface area contributed by atoms with E-state index in [2.05, 4.69) is 64.3 Å². The first-order valence-corrected chi connectivity index (χ1v) is 11.4. The lowest BCUT2D eigenvalue weighted by Gasteiger charge is -2.14. The molecule has 0 unspecified atom stereocenters. The summed E-state index contributed by atoms with van der Waals surface area (Å²) in [6.07, 6.45) is 6.51. The molecule has 0 saturated heterocycles. The van der Waals surface area contributed by atoms with Gasteiger partial charge in [0, 0.05) is 12.1 Å². The summed E-state index contributed by atoms with van der Waals surface area (Å²) in [5, 5.41) is 0. The first-order valence-electron chi connectivity index (χ1n) is 10.4. The average Bonchev–Trinajstić information content (AvgIpc) is 2.73. The lowest BCUT2D eigenvalue weighted by Crippen LogP contribution is -1.93. The van der Waals surface area contributed by atoms with Crippen LogP contribution in [0.4, 0.5) is 0 Å². The van der Waals surface area contributed by atoms with Crippen LogP contribution in [0.15, 0.2) is 54.6 Å². The highest BCUT2D eigenvalue weighted by atomic mass is 31.1. The minimum atomic E-state index is 0.613. The van der Waals surface area contributed by atoms with Crippen LogP contribution in [0.5, 0.6) is 28.7 Å². The van der Waals surface area contributed by atoms with Crippen molar-refractivity contribution in [3.05, 3.63) is 76.9 Å². The Labute approximate surface area is 181 Å². The molecule has 3 nitrogen and oxygen atoms in total. The molecule has 3 aromatic rings. The first-order chi connectivity index (χ1) is 14.5. The molecule has 0 radical (unpaired) electrons. The predicted octanol–water partition coefficient (Wildman–Crippen LogP) is 7.94. The van der Waals surface area contributed by atoms with Gasteiger partial charge in [0.15, 0.2) is 0 Å². The van der Waals surface area contributed by atoms with E-state index >= 15 is 0 Å². The molecule has 0 bridgehead atoms. The van der Waals surface area contributed by atoms with Gasteiger partial charge in [0.25, 0.3) is 0 Å². The smallest absolute Gasteiger partial charge is 0.135 e. The predicted molar refractivity (Wildman–Crippen MR) is 127 cm³/mol. The normalized spacial score (nSPS) is 10.8. The molecule has 0 amide bonds. The standard InChI is InChI=1S/C26H29O3P/c1-6-19-9-18(4)10-22(11-19)27-23-12-20(7-2)13-24(16-23)28-25-14-21(8-3)15-26(17-25)29-30-5/h9-17H,5-8H2,1-4H3. The maximum Gasteiger partial charge on any atom is 0.135 e. The summed E-state index contributed by atoms with van der Waals surface area (Å²) in [6, 6.07) is 18.4. The van der Waals surface area contributed by atoms with Crippen molar-refractivity contribution in [1.82, 2.24) is 0 Å². The van der Waals surface area contributed by atoms with Crippen LogP contribution in [-0.4, -0.2) is 6.30 Å². The van der Waals surface area contributed by atoms with E-state index in [0.29, 0.717) is 8.43 Å². The molecule has 3 rings (SSSR count). The van der Waals surface area contributed by atoms with Crippen LogP contribution in [0.2, 0.25) is 0 Å². The third-order valence-corrected chi connectivity index (χ3v) is 5.20. The minimum Gasteiger partial charge on any atom is -0.457 e. The summed E-state index contributed by atoms with van der Waals surface area (Å²) in [6.45, 7) is 8.48. The van der Waals surface area contributed by atoms with Gasteiger partial charge in [-0.15, -0.1) is 0 Å². The van der Waals surface area contributed by atoms with Gasteiger partial charge in [-0.2, -0.15) is 0 Å². The molecule has 3 aromatic carbocycles. The van der Waals surface area contributed by atoms with Crippen LogP contribution in [-0.2, 0) is 19.3 Å². The molecule has 0 aliphatic rings. The molecular formula is C26H29O3P. The number of ether oxygens (including phenoxy) is 2. The maximum atomic E-state index is 6.22. The van der Waals surface area contributed by atoms with Crippen LogP contribution in [0.25, 0.3) is 0 Å². The quantitative estimate of drug-likeness (QED) is 0.329. The van der Waals surface area contributed by atoms with Crippen molar-refractivity contribution in [2.75, 3.05) is 0 Å². The van der Waals surface area contributed by atoms with E-state index < -0.39 is 0 Å². The van der Waals surface area contributed by atoms with Crippen molar-refractivity contribution >= 4 is 14.7 Å². The van der Waals surface area contributed by atoms with Crippen LogP contribution in [0.3, 0.4) is 0 Å². The van der Waals surface area contributed by atoms with E-state index in [1.54, 1.807) is 0 Å². The SMILES string of the molecule is C=POc1cc(CC)cc(Oc2cc(CC)cc(Oc3cc(C)cc(CC)c3)c2)c1. The first kappa shape index (κ1) is 21.9. The lowest BCUT2D eigenvalue weighted by molar-refractivity contribution is 0.457. The number of benzene rings is 3. The highest BCUT2D eigenvalue weighted by molar-refractivity contribution is 7.31. The van der Waals surface area contributed by atoms with Crippen LogP contribution in [0.1, 0.15) is 43.0 Å². The van der Waals surface area contributed by atoms with E-state index in [-0.39, 0.29) is 0 Å². The molecule has 0 atom stereocenters.